The maximum absolute atomic E-state index is 12.5. The predicted octanol–water partition coefficient (Wildman–Crippen LogP) is 3.95. The maximum Gasteiger partial charge on any atom is 0.293 e. The van der Waals surface area contributed by atoms with Crippen molar-refractivity contribution in [1.82, 2.24) is 15.2 Å². The van der Waals surface area contributed by atoms with Crippen LogP contribution in [-0.2, 0) is 16.0 Å². The molecule has 1 aliphatic rings. The molecule has 1 aromatic heterocycles. The Bertz CT molecular complexity index is 1120. The molecule has 152 valence electrons. The number of carbonyl (C=O) groups is 3. The average Bonchev–Trinajstić information content (AvgIpc) is 3.28. The Hall–Kier alpha value is -3.32. The minimum Gasteiger partial charge on any atom is -0.361 e. The molecule has 0 bridgehead atoms. The Morgan fingerprint density at radius 3 is 2.67 bits per heavy atom. The van der Waals surface area contributed by atoms with Crippen molar-refractivity contribution in [3.05, 3.63) is 76.8 Å². The third-order valence-corrected chi connectivity index (χ3v) is 5.83. The fraction of sp³-hybridized carbons (Fsp3) is 0.174. The summed E-state index contributed by atoms with van der Waals surface area (Å²) in [7, 11) is 0. The third kappa shape index (κ3) is 4.46. The number of nitrogens with zero attached hydrogens (tertiary/aromatic N) is 1. The minimum atomic E-state index is -0.347. The third-order valence-electron chi connectivity index (χ3n) is 4.92. The first kappa shape index (κ1) is 20.0. The second-order valence-corrected chi connectivity index (χ2v) is 7.95. The van der Waals surface area contributed by atoms with Gasteiger partial charge in [-0.25, -0.2) is 0 Å². The maximum atomic E-state index is 12.5. The van der Waals surface area contributed by atoms with E-state index >= 15 is 0 Å². The molecule has 1 aliphatic heterocycles. The monoisotopic (exact) mass is 419 g/mol. The number of benzene rings is 2. The fourth-order valence-corrected chi connectivity index (χ4v) is 4.24. The van der Waals surface area contributed by atoms with Gasteiger partial charge >= 0.3 is 0 Å². The van der Waals surface area contributed by atoms with Gasteiger partial charge in [0.1, 0.15) is 0 Å². The molecular weight excluding hydrogens is 398 g/mol. The molecule has 0 saturated carbocycles. The highest BCUT2D eigenvalue weighted by atomic mass is 32.2. The smallest absolute Gasteiger partial charge is 0.293 e. The molecule has 0 radical (unpaired) electrons. The summed E-state index contributed by atoms with van der Waals surface area (Å²) in [5, 5.41) is 3.68. The number of hydrogen-bond acceptors (Lipinski definition) is 4. The van der Waals surface area contributed by atoms with Gasteiger partial charge in [0.2, 0.25) is 5.91 Å². The minimum absolute atomic E-state index is 0.0791. The first-order chi connectivity index (χ1) is 14.6. The van der Waals surface area contributed by atoms with Gasteiger partial charge in [0.15, 0.2) is 0 Å². The first-order valence-corrected chi connectivity index (χ1v) is 10.6. The molecule has 3 amide bonds. The van der Waals surface area contributed by atoms with Crippen LogP contribution in [0.2, 0.25) is 0 Å². The molecule has 4 rings (SSSR count). The Balaban J connectivity index is 1.27. The summed E-state index contributed by atoms with van der Waals surface area (Å²) in [6.07, 6.45) is 4.45. The molecule has 1 saturated heterocycles. The van der Waals surface area contributed by atoms with E-state index in [0.717, 1.165) is 38.7 Å². The summed E-state index contributed by atoms with van der Waals surface area (Å²) in [4.78, 5) is 41.6. The van der Waals surface area contributed by atoms with Gasteiger partial charge in [0.05, 0.1) is 4.91 Å². The summed E-state index contributed by atoms with van der Waals surface area (Å²) in [5.74, 6) is -0.527. The molecule has 6 nitrogen and oxygen atoms in total. The van der Waals surface area contributed by atoms with Gasteiger partial charge in [-0.15, -0.1) is 0 Å². The van der Waals surface area contributed by atoms with Gasteiger partial charge in [-0.1, -0.05) is 48.5 Å². The van der Waals surface area contributed by atoms with Crippen LogP contribution in [0, 0.1) is 0 Å². The summed E-state index contributed by atoms with van der Waals surface area (Å²) in [6.45, 7) is 0.576. The van der Waals surface area contributed by atoms with Crippen LogP contribution in [-0.4, -0.2) is 40.0 Å². The molecule has 0 unspecified atom stereocenters. The number of fused-ring (bicyclic) bond motifs is 1. The van der Waals surface area contributed by atoms with Gasteiger partial charge in [-0.3, -0.25) is 19.3 Å². The molecule has 7 heteroatoms. The van der Waals surface area contributed by atoms with Gasteiger partial charge in [-0.05, 0) is 41.5 Å². The SMILES string of the molecule is O=C(CCN1C(=O)S/C(=C\c2ccccc2)C1=O)NCCc1c[nH]c2ccccc12. The number of thioether (sulfide) groups is 1. The largest absolute Gasteiger partial charge is 0.361 e. The van der Waals surface area contributed by atoms with E-state index in [0.29, 0.717) is 17.9 Å². The molecular formula is C23H21N3O3S. The van der Waals surface area contributed by atoms with Crippen molar-refractivity contribution in [2.45, 2.75) is 12.8 Å². The summed E-state index contributed by atoms with van der Waals surface area (Å²) in [6, 6.07) is 17.4. The lowest BCUT2D eigenvalue weighted by Crippen LogP contribution is -2.34. The lowest BCUT2D eigenvalue weighted by molar-refractivity contribution is -0.124. The van der Waals surface area contributed by atoms with E-state index in [2.05, 4.69) is 10.3 Å². The lowest BCUT2D eigenvalue weighted by Gasteiger charge is -2.12. The number of rotatable bonds is 7. The molecule has 1 fully saturated rings. The van der Waals surface area contributed by atoms with Crippen LogP contribution < -0.4 is 5.32 Å². The zero-order valence-corrected chi connectivity index (χ0v) is 17.1. The number of nitrogens with one attached hydrogen (secondary N) is 2. The molecule has 2 aromatic carbocycles. The van der Waals surface area contributed by atoms with Crippen molar-refractivity contribution in [2.75, 3.05) is 13.1 Å². The number of imide groups is 1. The van der Waals surface area contributed by atoms with Gasteiger partial charge < -0.3 is 10.3 Å². The van der Waals surface area contributed by atoms with Gasteiger partial charge in [0, 0.05) is 36.6 Å². The highest BCUT2D eigenvalue weighted by Crippen LogP contribution is 2.32. The Labute approximate surface area is 178 Å². The van der Waals surface area contributed by atoms with Crippen molar-refractivity contribution in [3.8, 4) is 0 Å². The molecule has 2 heterocycles. The van der Waals surface area contributed by atoms with E-state index in [-0.39, 0.29) is 30.0 Å². The molecule has 0 aliphatic carbocycles. The van der Waals surface area contributed by atoms with Crippen molar-refractivity contribution >= 4 is 45.8 Å². The molecule has 0 atom stereocenters. The average molecular weight is 420 g/mol. The standard InChI is InChI=1S/C23H21N3O3S/c27-21(24-12-10-17-15-25-19-9-5-4-8-18(17)19)11-13-26-22(28)20(30-23(26)29)14-16-6-2-1-3-7-16/h1-9,14-15,25H,10-13H2,(H,24,27)/b20-14-. The van der Waals surface area contributed by atoms with Gasteiger partial charge in [-0.2, -0.15) is 0 Å². The second kappa shape index (κ2) is 9.00. The topological polar surface area (TPSA) is 82.3 Å². The number of hydrogen-bond donors (Lipinski definition) is 2. The number of amides is 3. The van der Waals surface area contributed by atoms with E-state index in [1.807, 2.05) is 60.8 Å². The summed E-state index contributed by atoms with van der Waals surface area (Å²) in [5.41, 5.74) is 3.07. The van der Waals surface area contributed by atoms with Crippen molar-refractivity contribution in [1.29, 1.82) is 0 Å². The highest BCUT2D eigenvalue weighted by Gasteiger charge is 2.34. The van der Waals surface area contributed by atoms with E-state index in [1.165, 1.54) is 0 Å². The number of aromatic amines is 1. The number of H-pyrrole nitrogens is 1. The van der Waals surface area contributed by atoms with Gasteiger partial charge in [0.25, 0.3) is 11.1 Å². The van der Waals surface area contributed by atoms with Crippen LogP contribution in [0.5, 0.6) is 0 Å². The Morgan fingerprint density at radius 1 is 1.07 bits per heavy atom. The Kier molecular flexibility index (Phi) is 5.99. The predicted molar refractivity (Wildman–Crippen MR) is 119 cm³/mol. The molecule has 2 N–H and O–H groups in total. The van der Waals surface area contributed by atoms with E-state index in [4.69, 9.17) is 0 Å². The molecule has 30 heavy (non-hydrogen) atoms. The zero-order valence-electron chi connectivity index (χ0n) is 16.3. The quantitative estimate of drug-likeness (QED) is 0.568. The lowest BCUT2D eigenvalue weighted by atomic mass is 10.1. The normalized spacial score (nSPS) is 15.3. The molecule has 0 spiro atoms. The van der Waals surface area contributed by atoms with Crippen LogP contribution in [0.1, 0.15) is 17.5 Å². The van der Waals surface area contributed by atoms with E-state index in [1.54, 1.807) is 6.08 Å². The fourth-order valence-electron chi connectivity index (χ4n) is 3.37. The van der Waals surface area contributed by atoms with Crippen LogP contribution in [0.4, 0.5) is 4.79 Å². The first-order valence-electron chi connectivity index (χ1n) is 9.74. The second-order valence-electron chi connectivity index (χ2n) is 6.95. The number of carbonyl (C=O) groups excluding carboxylic acids is 3. The molecule has 3 aromatic rings. The van der Waals surface area contributed by atoms with Crippen molar-refractivity contribution in [2.24, 2.45) is 0 Å². The van der Waals surface area contributed by atoms with Crippen LogP contribution in [0.15, 0.2) is 65.7 Å². The van der Waals surface area contributed by atoms with Crippen molar-refractivity contribution < 1.29 is 14.4 Å². The number of para-hydroxylation sites is 1. The van der Waals surface area contributed by atoms with E-state index in [9.17, 15) is 14.4 Å². The van der Waals surface area contributed by atoms with Crippen LogP contribution >= 0.6 is 11.8 Å². The summed E-state index contributed by atoms with van der Waals surface area (Å²) < 4.78 is 0. The zero-order chi connectivity index (χ0) is 20.9. The Morgan fingerprint density at radius 2 is 1.83 bits per heavy atom. The number of aromatic nitrogens is 1. The van der Waals surface area contributed by atoms with E-state index < -0.39 is 0 Å². The summed E-state index contributed by atoms with van der Waals surface area (Å²) >= 11 is 0.909. The van der Waals surface area contributed by atoms with Crippen LogP contribution in [0.25, 0.3) is 17.0 Å². The van der Waals surface area contributed by atoms with Crippen LogP contribution in [0.3, 0.4) is 0 Å². The van der Waals surface area contributed by atoms with Crippen molar-refractivity contribution in [3.63, 3.8) is 0 Å². The highest BCUT2D eigenvalue weighted by molar-refractivity contribution is 8.18.